The van der Waals surface area contributed by atoms with Gasteiger partial charge in [-0.25, -0.2) is 19.9 Å². The highest BCUT2D eigenvalue weighted by atomic mass is 16.5. The maximum atomic E-state index is 5.21. The van der Waals surface area contributed by atoms with Crippen molar-refractivity contribution < 1.29 is 4.74 Å². The van der Waals surface area contributed by atoms with E-state index in [1.54, 1.807) is 19.5 Å². The third-order valence-corrected chi connectivity index (χ3v) is 4.43. The van der Waals surface area contributed by atoms with Crippen LogP contribution in [0, 0.1) is 0 Å². The lowest BCUT2D eigenvalue weighted by Gasteiger charge is -2.24. The molecule has 1 aromatic carbocycles. The molecule has 2 aromatic heterocycles. The van der Waals surface area contributed by atoms with E-state index < -0.39 is 0 Å². The standard InChI is InChI=1S/C19H19N5O/c1-25-15-7-5-14(6-8-15)18-20-12-9-16(23-18)17-4-2-13-24(17)19-21-10-3-11-22-19/h3,5-12,17H,2,4,13H2,1H3/t17-/m0/s1. The maximum absolute atomic E-state index is 5.21. The Balaban J connectivity index is 1.64. The molecule has 1 atom stereocenters. The topological polar surface area (TPSA) is 64.0 Å². The average molecular weight is 333 g/mol. The molecule has 6 heteroatoms. The first-order chi connectivity index (χ1) is 12.3. The molecule has 0 radical (unpaired) electrons. The lowest BCUT2D eigenvalue weighted by atomic mass is 10.1. The van der Waals surface area contributed by atoms with E-state index in [1.807, 2.05) is 42.6 Å². The van der Waals surface area contributed by atoms with Crippen molar-refractivity contribution in [2.75, 3.05) is 18.6 Å². The van der Waals surface area contributed by atoms with E-state index in [1.165, 1.54) is 0 Å². The first-order valence-electron chi connectivity index (χ1n) is 8.36. The van der Waals surface area contributed by atoms with Gasteiger partial charge in [-0.3, -0.25) is 0 Å². The van der Waals surface area contributed by atoms with Gasteiger partial charge in [-0.2, -0.15) is 0 Å². The van der Waals surface area contributed by atoms with Gasteiger partial charge in [-0.05, 0) is 49.2 Å². The second-order valence-electron chi connectivity index (χ2n) is 5.93. The molecule has 3 aromatic rings. The summed E-state index contributed by atoms with van der Waals surface area (Å²) in [7, 11) is 1.66. The highest BCUT2D eigenvalue weighted by molar-refractivity contribution is 5.56. The number of ether oxygens (including phenoxy) is 1. The summed E-state index contributed by atoms with van der Waals surface area (Å²) in [6.45, 7) is 0.941. The summed E-state index contributed by atoms with van der Waals surface area (Å²) >= 11 is 0. The number of nitrogens with zero attached hydrogens (tertiary/aromatic N) is 5. The summed E-state index contributed by atoms with van der Waals surface area (Å²) in [5.41, 5.74) is 1.98. The third-order valence-electron chi connectivity index (χ3n) is 4.43. The van der Waals surface area contributed by atoms with E-state index in [0.717, 1.165) is 48.2 Å². The van der Waals surface area contributed by atoms with Crippen LogP contribution in [0.15, 0.2) is 55.0 Å². The molecular weight excluding hydrogens is 314 g/mol. The second-order valence-corrected chi connectivity index (χ2v) is 5.93. The summed E-state index contributed by atoms with van der Waals surface area (Å²) in [6, 6.07) is 11.8. The number of hydrogen-bond donors (Lipinski definition) is 0. The average Bonchev–Trinajstić information content (AvgIpc) is 3.19. The number of rotatable bonds is 4. The van der Waals surface area contributed by atoms with Crippen molar-refractivity contribution >= 4 is 5.95 Å². The minimum absolute atomic E-state index is 0.183. The van der Waals surface area contributed by atoms with Gasteiger partial charge in [-0.15, -0.1) is 0 Å². The Morgan fingerprint density at radius 2 is 1.80 bits per heavy atom. The second kappa shape index (κ2) is 6.84. The molecule has 0 N–H and O–H groups in total. The van der Waals surface area contributed by atoms with Gasteiger partial charge < -0.3 is 9.64 Å². The van der Waals surface area contributed by atoms with Gasteiger partial charge in [0.05, 0.1) is 18.8 Å². The van der Waals surface area contributed by atoms with Crippen LogP contribution in [0.1, 0.15) is 24.6 Å². The molecule has 126 valence electrons. The zero-order valence-electron chi connectivity index (χ0n) is 14.0. The molecule has 25 heavy (non-hydrogen) atoms. The summed E-state index contributed by atoms with van der Waals surface area (Å²) in [6.07, 6.45) is 7.52. The molecule has 1 aliphatic heterocycles. The number of hydrogen-bond acceptors (Lipinski definition) is 6. The number of aromatic nitrogens is 4. The Morgan fingerprint density at radius 3 is 2.56 bits per heavy atom. The van der Waals surface area contributed by atoms with Gasteiger partial charge in [0.25, 0.3) is 0 Å². The van der Waals surface area contributed by atoms with Crippen LogP contribution in [0.3, 0.4) is 0 Å². The van der Waals surface area contributed by atoms with Crippen molar-refractivity contribution in [3.8, 4) is 17.1 Å². The van der Waals surface area contributed by atoms with E-state index in [9.17, 15) is 0 Å². The molecule has 6 nitrogen and oxygen atoms in total. The van der Waals surface area contributed by atoms with Crippen molar-refractivity contribution in [3.63, 3.8) is 0 Å². The number of anilines is 1. The molecule has 0 spiro atoms. The molecular formula is C19H19N5O. The fourth-order valence-electron chi connectivity index (χ4n) is 3.19. The smallest absolute Gasteiger partial charge is 0.225 e. The van der Waals surface area contributed by atoms with Gasteiger partial charge in [0.1, 0.15) is 5.75 Å². The number of benzene rings is 1. The normalized spacial score (nSPS) is 16.8. The molecule has 3 heterocycles. The van der Waals surface area contributed by atoms with Crippen LogP contribution in [0.5, 0.6) is 5.75 Å². The minimum atomic E-state index is 0.183. The van der Waals surface area contributed by atoms with Gasteiger partial charge in [-0.1, -0.05) is 0 Å². The van der Waals surface area contributed by atoms with Gasteiger partial charge >= 0.3 is 0 Å². The molecule has 0 aliphatic carbocycles. The van der Waals surface area contributed by atoms with Crippen LogP contribution in [0.2, 0.25) is 0 Å². The molecule has 1 fully saturated rings. The fraction of sp³-hybridized carbons (Fsp3) is 0.263. The lowest BCUT2D eigenvalue weighted by molar-refractivity contribution is 0.415. The first-order valence-corrected chi connectivity index (χ1v) is 8.36. The number of methoxy groups -OCH3 is 1. The van der Waals surface area contributed by atoms with Crippen molar-refractivity contribution in [1.29, 1.82) is 0 Å². The van der Waals surface area contributed by atoms with E-state index in [2.05, 4.69) is 19.9 Å². The lowest BCUT2D eigenvalue weighted by Crippen LogP contribution is -2.25. The van der Waals surface area contributed by atoms with Crippen LogP contribution < -0.4 is 9.64 Å². The Hall–Kier alpha value is -3.02. The van der Waals surface area contributed by atoms with Crippen molar-refractivity contribution in [2.45, 2.75) is 18.9 Å². The summed E-state index contributed by atoms with van der Waals surface area (Å²) < 4.78 is 5.21. The molecule has 1 saturated heterocycles. The van der Waals surface area contributed by atoms with Crippen molar-refractivity contribution in [2.24, 2.45) is 0 Å². The Kier molecular flexibility index (Phi) is 4.24. The predicted molar refractivity (Wildman–Crippen MR) is 95.4 cm³/mol. The van der Waals surface area contributed by atoms with E-state index >= 15 is 0 Å². The Morgan fingerprint density at radius 1 is 1.00 bits per heavy atom. The van der Waals surface area contributed by atoms with Crippen LogP contribution >= 0.6 is 0 Å². The molecule has 0 unspecified atom stereocenters. The van der Waals surface area contributed by atoms with Crippen LogP contribution in [-0.4, -0.2) is 33.6 Å². The summed E-state index contributed by atoms with van der Waals surface area (Å²) in [5, 5.41) is 0. The van der Waals surface area contributed by atoms with Crippen LogP contribution in [0.25, 0.3) is 11.4 Å². The van der Waals surface area contributed by atoms with Crippen LogP contribution in [-0.2, 0) is 0 Å². The predicted octanol–water partition coefficient (Wildman–Crippen LogP) is 3.28. The fourth-order valence-corrected chi connectivity index (χ4v) is 3.19. The monoisotopic (exact) mass is 333 g/mol. The zero-order chi connectivity index (χ0) is 17.1. The largest absolute Gasteiger partial charge is 0.497 e. The van der Waals surface area contributed by atoms with E-state index in [0.29, 0.717) is 0 Å². The quantitative estimate of drug-likeness (QED) is 0.730. The summed E-state index contributed by atoms with van der Waals surface area (Å²) in [5.74, 6) is 2.30. The van der Waals surface area contributed by atoms with Gasteiger partial charge in [0, 0.05) is 30.7 Å². The Labute approximate surface area is 146 Å². The molecule has 1 aliphatic rings. The molecule has 0 amide bonds. The molecule has 0 bridgehead atoms. The van der Waals surface area contributed by atoms with E-state index in [4.69, 9.17) is 9.72 Å². The van der Waals surface area contributed by atoms with Crippen LogP contribution in [0.4, 0.5) is 5.95 Å². The van der Waals surface area contributed by atoms with Gasteiger partial charge in [0.15, 0.2) is 5.82 Å². The molecule has 0 saturated carbocycles. The SMILES string of the molecule is COc1ccc(-c2nccc([C@@H]3CCCN3c3ncccn3)n2)cc1. The summed E-state index contributed by atoms with van der Waals surface area (Å²) in [4.78, 5) is 20.2. The first kappa shape index (κ1) is 15.5. The highest BCUT2D eigenvalue weighted by Crippen LogP contribution is 2.33. The van der Waals surface area contributed by atoms with Crippen molar-refractivity contribution in [1.82, 2.24) is 19.9 Å². The van der Waals surface area contributed by atoms with E-state index in [-0.39, 0.29) is 6.04 Å². The highest BCUT2D eigenvalue weighted by Gasteiger charge is 2.29. The zero-order valence-corrected chi connectivity index (χ0v) is 14.0. The van der Waals surface area contributed by atoms with Crippen molar-refractivity contribution in [3.05, 3.63) is 60.7 Å². The minimum Gasteiger partial charge on any atom is -0.497 e. The van der Waals surface area contributed by atoms with Gasteiger partial charge in [0.2, 0.25) is 5.95 Å². The maximum Gasteiger partial charge on any atom is 0.225 e. The third kappa shape index (κ3) is 3.15. The Bertz CT molecular complexity index is 838. The molecule has 4 rings (SSSR count).